The molecular weight excluding hydrogens is 276 g/mol. The monoisotopic (exact) mass is 306 g/mol. The SMILES string of the molecule is CCCCC(CC)CNC(=NC)NCc1cccnc1OC. The minimum absolute atomic E-state index is 0.641. The van der Waals surface area contributed by atoms with Gasteiger partial charge in [-0.2, -0.15) is 0 Å². The molecular formula is C17H30N4O. The van der Waals surface area contributed by atoms with Crippen LogP contribution in [0.25, 0.3) is 0 Å². The maximum absolute atomic E-state index is 5.26. The van der Waals surface area contributed by atoms with E-state index in [1.165, 1.54) is 25.7 Å². The zero-order valence-corrected chi connectivity index (χ0v) is 14.4. The van der Waals surface area contributed by atoms with E-state index in [1.807, 2.05) is 12.1 Å². The summed E-state index contributed by atoms with van der Waals surface area (Å²) in [6.07, 6.45) is 6.74. The first-order valence-corrected chi connectivity index (χ1v) is 8.17. The Balaban J connectivity index is 2.45. The number of methoxy groups -OCH3 is 1. The number of hydrogen-bond donors (Lipinski definition) is 2. The zero-order valence-electron chi connectivity index (χ0n) is 14.4. The summed E-state index contributed by atoms with van der Waals surface area (Å²) in [6.45, 7) is 6.09. The predicted molar refractivity (Wildman–Crippen MR) is 92.3 cm³/mol. The summed E-state index contributed by atoms with van der Waals surface area (Å²) in [5.41, 5.74) is 1.02. The van der Waals surface area contributed by atoms with Gasteiger partial charge in [0.05, 0.1) is 7.11 Å². The minimum Gasteiger partial charge on any atom is -0.481 e. The van der Waals surface area contributed by atoms with Crippen molar-refractivity contribution in [2.24, 2.45) is 10.9 Å². The number of pyridine rings is 1. The van der Waals surface area contributed by atoms with Crippen molar-refractivity contribution in [1.82, 2.24) is 15.6 Å². The molecule has 0 aliphatic rings. The molecule has 5 heteroatoms. The number of ether oxygens (including phenoxy) is 1. The van der Waals surface area contributed by atoms with Crippen LogP contribution in [0.5, 0.6) is 5.88 Å². The van der Waals surface area contributed by atoms with Gasteiger partial charge in [-0.05, 0) is 18.4 Å². The molecule has 1 heterocycles. The van der Waals surface area contributed by atoms with E-state index in [4.69, 9.17) is 4.74 Å². The van der Waals surface area contributed by atoms with E-state index in [-0.39, 0.29) is 0 Å². The number of hydrogen-bond acceptors (Lipinski definition) is 3. The third-order valence-electron chi connectivity index (χ3n) is 3.81. The van der Waals surface area contributed by atoms with Crippen LogP contribution in [0.2, 0.25) is 0 Å². The lowest BCUT2D eigenvalue weighted by atomic mass is 9.99. The Hall–Kier alpha value is -1.78. The number of unbranched alkanes of at least 4 members (excludes halogenated alkanes) is 1. The molecule has 1 aromatic heterocycles. The van der Waals surface area contributed by atoms with Crippen molar-refractivity contribution in [2.45, 2.75) is 46.1 Å². The van der Waals surface area contributed by atoms with Gasteiger partial charge < -0.3 is 15.4 Å². The van der Waals surface area contributed by atoms with E-state index in [2.05, 4.69) is 34.5 Å². The van der Waals surface area contributed by atoms with Crippen LogP contribution in [0.3, 0.4) is 0 Å². The summed E-state index contributed by atoms with van der Waals surface area (Å²) < 4.78 is 5.26. The van der Waals surface area contributed by atoms with Gasteiger partial charge in [0.15, 0.2) is 5.96 Å². The van der Waals surface area contributed by atoms with Crippen LogP contribution in [0.4, 0.5) is 0 Å². The highest BCUT2D eigenvalue weighted by Crippen LogP contribution is 2.13. The normalized spacial score (nSPS) is 12.8. The Kier molecular flexibility index (Phi) is 9.03. The van der Waals surface area contributed by atoms with Gasteiger partial charge in [0.25, 0.3) is 0 Å². The second-order valence-electron chi connectivity index (χ2n) is 5.39. The number of nitrogens with one attached hydrogen (secondary N) is 2. The first-order chi connectivity index (χ1) is 10.7. The van der Waals surface area contributed by atoms with Gasteiger partial charge in [-0.1, -0.05) is 39.2 Å². The molecule has 1 rings (SSSR count). The number of nitrogens with zero attached hydrogens (tertiary/aromatic N) is 2. The second kappa shape index (κ2) is 10.9. The van der Waals surface area contributed by atoms with Crippen molar-refractivity contribution in [3.8, 4) is 5.88 Å². The Labute approximate surface area is 134 Å². The maximum Gasteiger partial charge on any atom is 0.218 e. The molecule has 0 aromatic carbocycles. The molecule has 0 bridgehead atoms. The fourth-order valence-corrected chi connectivity index (χ4v) is 2.33. The molecule has 0 saturated carbocycles. The Morgan fingerprint density at radius 2 is 2.18 bits per heavy atom. The predicted octanol–water partition coefficient (Wildman–Crippen LogP) is 2.97. The average Bonchev–Trinajstić information content (AvgIpc) is 2.57. The molecule has 0 aliphatic carbocycles. The molecule has 1 unspecified atom stereocenters. The number of rotatable bonds is 9. The summed E-state index contributed by atoms with van der Waals surface area (Å²) in [5.74, 6) is 2.17. The molecule has 124 valence electrons. The molecule has 0 radical (unpaired) electrons. The third kappa shape index (κ3) is 6.33. The molecule has 0 spiro atoms. The van der Waals surface area contributed by atoms with Gasteiger partial charge in [-0.15, -0.1) is 0 Å². The number of aliphatic imine (C=N–C) groups is 1. The lowest BCUT2D eigenvalue weighted by molar-refractivity contribution is 0.391. The van der Waals surface area contributed by atoms with Crippen molar-refractivity contribution in [3.63, 3.8) is 0 Å². The molecule has 0 saturated heterocycles. The molecule has 0 amide bonds. The topological polar surface area (TPSA) is 58.5 Å². The molecule has 0 aliphatic heterocycles. The number of aromatic nitrogens is 1. The van der Waals surface area contributed by atoms with Crippen molar-refractivity contribution in [2.75, 3.05) is 20.7 Å². The molecule has 1 aromatic rings. The Morgan fingerprint density at radius 1 is 1.36 bits per heavy atom. The quantitative estimate of drug-likeness (QED) is 0.544. The van der Waals surface area contributed by atoms with Gasteiger partial charge in [-0.25, -0.2) is 4.98 Å². The lowest BCUT2D eigenvalue weighted by Gasteiger charge is -2.18. The van der Waals surface area contributed by atoms with Crippen molar-refractivity contribution in [1.29, 1.82) is 0 Å². The van der Waals surface area contributed by atoms with Gasteiger partial charge in [0, 0.05) is 31.9 Å². The Morgan fingerprint density at radius 3 is 2.82 bits per heavy atom. The highest BCUT2D eigenvalue weighted by Gasteiger charge is 2.08. The zero-order chi connectivity index (χ0) is 16.2. The highest BCUT2D eigenvalue weighted by molar-refractivity contribution is 5.79. The van der Waals surface area contributed by atoms with Crippen molar-refractivity contribution >= 4 is 5.96 Å². The van der Waals surface area contributed by atoms with Gasteiger partial charge in [-0.3, -0.25) is 4.99 Å². The average molecular weight is 306 g/mol. The second-order valence-corrected chi connectivity index (χ2v) is 5.39. The van der Waals surface area contributed by atoms with Crippen LogP contribution < -0.4 is 15.4 Å². The smallest absolute Gasteiger partial charge is 0.218 e. The molecule has 0 fully saturated rings. The van der Waals surface area contributed by atoms with Crippen molar-refractivity contribution in [3.05, 3.63) is 23.9 Å². The van der Waals surface area contributed by atoms with E-state index >= 15 is 0 Å². The first-order valence-electron chi connectivity index (χ1n) is 8.17. The van der Waals surface area contributed by atoms with E-state index in [9.17, 15) is 0 Å². The first kappa shape index (κ1) is 18.3. The largest absolute Gasteiger partial charge is 0.481 e. The van der Waals surface area contributed by atoms with Crippen LogP contribution in [-0.4, -0.2) is 31.6 Å². The van der Waals surface area contributed by atoms with Crippen molar-refractivity contribution < 1.29 is 4.74 Å². The fraction of sp³-hybridized carbons (Fsp3) is 0.647. The summed E-state index contributed by atoms with van der Waals surface area (Å²) in [4.78, 5) is 8.48. The molecule has 5 nitrogen and oxygen atoms in total. The minimum atomic E-state index is 0.641. The van der Waals surface area contributed by atoms with Gasteiger partial charge in [0.2, 0.25) is 5.88 Å². The van der Waals surface area contributed by atoms with Crippen LogP contribution in [0.1, 0.15) is 45.1 Å². The third-order valence-corrected chi connectivity index (χ3v) is 3.81. The van der Waals surface area contributed by atoms with Crippen LogP contribution >= 0.6 is 0 Å². The van der Waals surface area contributed by atoms with Gasteiger partial charge in [0.1, 0.15) is 0 Å². The summed E-state index contributed by atoms with van der Waals surface area (Å²) in [5, 5.41) is 6.73. The van der Waals surface area contributed by atoms with Crippen LogP contribution in [0, 0.1) is 5.92 Å². The number of guanidine groups is 1. The summed E-state index contributed by atoms with van der Waals surface area (Å²) in [6, 6.07) is 3.91. The fourth-order valence-electron chi connectivity index (χ4n) is 2.33. The lowest BCUT2D eigenvalue weighted by Crippen LogP contribution is -2.39. The highest BCUT2D eigenvalue weighted by atomic mass is 16.5. The van der Waals surface area contributed by atoms with E-state index in [1.54, 1.807) is 20.4 Å². The molecule has 2 N–H and O–H groups in total. The van der Waals surface area contributed by atoms with Gasteiger partial charge >= 0.3 is 0 Å². The van der Waals surface area contributed by atoms with E-state index in [0.29, 0.717) is 18.3 Å². The van der Waals surface area contributed by atoms with E-state index in [0.717, 1.165) is 18.1 Å². The molecule has 22 heavy (non-hydrogen) atoms. The van der Waals surface area contributed by atoms with Crippen LogP contribution in [0.15, 0.2) is 23.3 Å². The Bertz CT molecular complexity index is 448. The summed E-state index contributed by atoms with van der Waals surface area (Å²) >= 11 is 0. The van der Waals surface area contributed by atoms with Crippen LogP contribution in [-0.2, 0) is 6.54 Å². The summed E-state index contributed by atoms with van der Waals surface area (Å²) in [7, 11) is 3.43. The van der Waals surface area contributed by atoms with E-state index < -0.39 is 0 Å². The standard InChI is InChI=1S/C17H30N4O/c1-5-7-9-14(6-2)12-20-17(18-3)21-13-15-10-8-11-19-16(15)22-4/h8,10-11,14H,5-7,9,12-13H2,1-4H3,(H2,18,20,21). The maximum atomic E-state index is 5.26. The molecule has 1 atom stereocenters.